The van der Waals surface area contributed by atoms with E-state index >= 15 is 0 Å². The summed E-state index contributed by atoms with van der Waals surface area (Å²) in [5.74, 6) is 0. The number of hydrogen-bond acceptors (Lipinski definition) is 0. The second-order valence-corrected chi connectivity index (χ2v) is 60.8. The molecule has 0 aromatic heterocycles. The van der Waals surface area contributed by atoms with Crippen molar-refractivity contribution in [1.29, 1.82) is 0 Å². The van der Waals surface area contributed by atoms with Crippen molar-refractivity contribution < 1.29 is 0 Å². The van der Waals surface area contributed by atoms with Crippen LogP contribution in [0, 0.1) is 0 Å². The Morgan fingerprint density at radius 1 is 0.385 bits per heavy atom. The van der Waals surface area contributed by atoms with Gasteiger partial charge in [-0.25, -0.2) is 0 Å². The number of hydrogen-bond donors (Lipinski definition) is 0. The number of benzene rings is 2. The van der Waals surface area contributed by atoms with Gasteiger partial charge in [-0.1, -0.05) is 0 Å². The van der Waals surface area contributed by atoms with Crippen molar-refractivity contribution in [3.05, 3.63) is 56.6 Å². The number of fused-ring (bicyclic) bond motifs is 4. The van der Waals surface area contributed by atoms with Crippen molar-refractivity contribution in [2.75, 3.05) is 0 Å². The minimum absolute atomic E-state index is 0.182. The Bertz CT molecular complexity index is 1560. The maximum absolute atomic E-state index is 4.97. The molecule has 0 unspecified atom stereocenters. The first-order chi connectivity index (χ1) is 24.1. The van der Waals surface area contributed by atoms with Gasteiger partial charge in [0, 0.05) is 0 Å². The predicted molar refractivity (Wildman–Crippen MR) is 241 cm³/mol. The molecule has 0 amide bonds. The third-order valence-corrected chi connectivity index (χ3v) is 71.1. The predicted octanol–water partition coefficient (Wildman–Crippen LogP) is 13.6. The Kier molecular flexibility index (Phi) is 11.0. The van der Waals surface area contributed by atoms with Crippen molar-refractivity contribution in [2.24, 2.45) is 0 Å². The van der Waals surface area contributed by atoms with Crippen LogP contribution in [-0.4, -0.2) is 20.0 Å². The van der Waals surface area contributed by atoms with Gasteiger partial charge >= 0.3 is 345 Å². The molecule has 0 aliphatic heterocycles. The summed E-state index contributed by atoms with van der Waals surface area (Å²) in [5, 5.41) is 0. The molecule has 6 rings (SSSR count). The summed E-state index contributed by atoms with van der Waals surface area (Å²) in [4.78, 5) is 0. The summed E-state index contributed by atoms with van der Waals surface area (Å²) in [6.45, 7) is 41.0. The zero-order valence-corrected chi connectivity index (χ0v) is 43.8. The van der Waals surface area contributed by atoms with E-state index in [0.717, 1.165) is 0 Å². The van der Waals surface area contributed by atoms with Gasteiger partial charge in [0.05, 0.1) is 0 Å². The third-order valence-electron chi connectivity index (χ3n) is 16.8. The van der Waals surface area contributed by atoms with E-state index in [-0.39, 0.29) is 43.3 Å². The van der Waals surface area contributed by atoms with E-state index in [1.54, 1.807) is 44.5 Å². The molecule has 0 heterocycles. The molecule has 2 aromatic carbocycles. The molecule has 0 atom stereocenters. The van der Waals surface area contributed by atoms with Crippen LogP contribution in [0.3, 0.4) is 0 Å². The first kappa shape index (κ1) is 42.1. The normalized spacial score (nSPS) is 24.7. The minimum atomic E-state index is -2.12. The van der Waals surface area contributed by atoms with Crippen molar-refractivity contribution >= 4 is 56.8 Å². The second kappa shape index (κ2) is 13.5. The van der Waals surface area contributed by atoms with E-state index < -0.39 is 20.0 Å². The maximum atomic E-state index is 4.97. The van der Waals surface area contributed by atoms with Gasteiger partial charge in [-0.05, 0) is 0 Å². The molecule has 4 aliphatic carbocycles. The van der Waals surface area contributed by atoms with E-state index in [4.69, 9.17) is 28.0 Å². The molecule has 4 aliphatic rings. The van der Waals surface area contributed by atoms with Gasteiger partial charge in [0.15, 0.2) is 0 Å². The van der Waals surface area contributed by atoms with E-state index in [1.165, 1.54) is 77.0 Å². The first-order valence-electron chi connectivity index (χ1n) is 21.6. The van der Waals surface area contributed by atoms with Crippen LogP contribution >= 0.6 is 28.0 Å². The van der Waals surface area contributed by atoms with Crippen molar-refractivity contribution in [2.45, 2.75) is 231 Å². The fourth-order valence-electron chi connectivity index (χ4n) is 14.2. The van der Waals surface area contributed by atoms with Crippen molar-refractivity contribution in [3.8, 4) is 0 Å². The molecule has 4 heteroatoms. The molecule has 0 bridgehead atoms. The molecule has 0 saturated carbocycles. The third kappa shape index (κ3) is 5.61. The Hall–Kier alpha value is 0.486. The van der Waals surface area contributed by atoms with Gasteiger partial charge in [0.25, 0.3) is 0 Å². The molecule has 288 valence electrons. The first-order valence-corrected chi connectivity index (χ1v) is 40.0. The van der Waals surface area contributed by atoms with E-state index in [0.29, 0.717) is 0 Å². The summed E-state index contributed by atoms with van der Waals surface area (Å²) >= 11 is 9.94. The molecule has 0 N–H and O–H groups in total. The monoisotopic (exact) mass is 956 g/mol. The van der Waals surface area contributed by atoms with Crippen molar-refractivity contribution in [1.82, 2.24) is 0 Å². The quantitative estimate of drug-likeness (QED) is 0.208. The Balaban J connectivity index is 1.85. The van der Waals surface area contributed by atoms with E-state index in [1.807, 2.05) is 8.79 Å². The summed E-state index contributed by atoms with van der Waals surface area (Å²) in [7, 11) is -4.23. The van der Waals surface area contributed by atoms with Gasteiger partial charge in [0.1, 0.15) is 0 Å². The Morgan fingerprint density at radius 2 is 0.558 bits per heavy atom. The average Bonchev–Trinajstić information content (AvgIpc) is 3.69. The average molecular weight is 956 g/mol. The standard InChI is InChI=1S/C48H74Br2Ge2/c1-17-45(18-2)27-41(9,10)35-31(45)25-32-36(42(11,12)28-46(32,19-3)20-4)39(35)51(49)52(50)40-37-33(47(21-5,22-6)29-43(37,13)14)26-34-38(40)44(15,16)30-48(34,23-7)24-8/h25-26H,17-24,27-30H2,1-16H3/b52-51+. The van der Waals surface area contributed by atoms with Gasteiger partial charge in [-0.2, -0.15) is 0 Å². The summed E-state index contributed by atoms with van der Waals surface area (Å²) < 4.78 is 3.80. The van der Waals surface area contributed by atoms with Crippen LogP contribution in [0.2, 0.25) is 0 Å². The van der Waals surface area contributed by atoms with Crippen LogP contribution in [-0.2, 0) is 43.3 Å². The van der Waals surface area contributed by atoms with Gasteiger partial charge in [-0.15, -0.1) is 0 Å². The fraction of sp³-hybridized carbons (Fsp3) is 0.750. The molecule has 0 nitrogen and oxygen atoms in total. The number of halogens is 2. The Labute approximate surface area is 341 Å². The van der Waals surface area contributed by atoms with Crippen LogP contribution < -0.4 is 8.79 Å². The summed E-state index contributed by atoms with van der Waals surface area (Å²) in [6, 6.07) is 5.70. The zero-order valence-electron chi connectivity index (χ0n) is 36.4. The van der Waals surface area contributed by atoms with Gasteiger partial charge < -0.3 is 0 Å². The molecule has 52 heavy (non-hydrogen) atoms. The molecule has 0 fully saturated rings. The molecule has 0 saturated heterocycles. The van der Waals surface area contributed by atoms with Crippen LogP contribution in [0.5, 0.6) is 0 Å². The fourth-order valence-corrected chi connectivity index (χ4v) is 45.9. The van der Waals surface area contributed by atoms with Crippen LogP contribution in [0.15, 0.2) is 12.1 Å². The zero-order chi connectivity index (χ0) is 38.8. The molecule has 0 radical (unpaired) electrons. The molecular weight excluding hydrogens is 882 g/mol. The van der Waals surface area contributed by atoms with Crippen LogP contribution in [0.1, 0.15) is 232 Å². The van der Waals surface area contributed by atoms with Gasteiger partial charge in [-0.3, -0.25) is 0 Å². The topological polar surface area (TPSA) is 0 Å². The Morgan fingerprint density at radius 3 is 0.712 bits per heavy atom. The van der Waals surface area contributed by atoms with E-state index in [9.17, 15) is 0 Å². The second-order valence-electron chi connectivity index (χ2n) is 21.0. The van der Waals surface area contributed by atoms with Crippen LogP contribution in [0.25, 0.3) is 0 Å². The van der Waals surface area contributed by atoms with Crippen molar-refractivity contribution in [3.63, 3.8) is 0 Å². The molecule has 0 spiro atoms. The van der Waals surface area contributed by atoms with Gasteiger partial charge in [0.2, 0.25) is 0 Å². The van der Waals surface area contributed by atoms with E-state index in [2.05, 4.69) is 123 Å². The molecular formula is C48H74Br2Ge2. The summed E-state index contributed by atoms with van der Waals surface area (Å²) in [5.41, 5.74) is 16.1. The van der Waals surface area contributed by atoms with Crippen LogP contribution in [0.4, 0.5) is 0 Å². The molecule has 2 aromatic rings. The summed E-state index contributed by atoms with van der Waals surface area (Å²) in [6.07, 6.45) is 15.1. The SMILES string of the molecule is CCC1(CC)CC(C)(C)c2c1cc1c([c]2/[Ge]([Br])=[Ge](\[Br])[c]2c3c(cc4c2C(C)(C)CC4(CC)CC)C(CC)(CC)CC3(C)C)C(C)(C)CC1(CC)CC. The number of rotatable bonds is 10.